The van der Waals surface area contributed by atoms with E-state index in [0.717, 1.165) is 12.8 Å². The molecular weight excluding hydrogens is 335 g/mol. The number of benzene rings is 1. The highest BCUT2D eigenvalue weighted by Crippen LogP contribution is 2.29. The minimum atomic E-state index is -0.407. The first kappa shape index (κ1) is 16.9. The smallest absolute Gasteiger partial charge is 0.255 e. The Balaban J connectivity index is 1.69. The summed E-state index contributed by atoms with van der Waals surface area (Å²) >= 11 is 0. The van der Waals surface area contributed by atoms with Crippen molar-refractivity contribution in [1.29, 1.82) is 0 Å². The minimum Gasteiger partial charge on any atom is -0.378 e. The second-order valence-corrected chi connectivity index (χ2v) is 6.66. The van der Waals surface area contributed by atoms with E-state index in [1.54, 1.807) is 18.2 Å². The molecule has 1 aromatic carbocycles. The van der Waals surface area contributed by atoms with Crippen LogP contribution in [0.25, 0.3) is 11.3 Å². The quantitative estimate of drug-likeness (QED) is 0.890. The highest BCUT2D eigenvalue weighted by Gasteiger charge is 2.25. The number of rotatable bonds is 5. The SMILES string of the molecule is O=C(NCC1CC1)c1cnc(N2CCOCC2)nc1-c1ccccc1F. The van der Waals surface area contributed by atoms with Crippen LogP contribution in [0.3, 0.4) is 0 Å². The monoisotopic (exact) mass is 356 g/mol. The third-order valence-electron chi connectivity index (χ3n) is 4.69. The van der Waals surface area contributed by atoms with E-state index in [0.29, 0.717) is 61.5 Å². The maximum atomic E-state index is 14.4. The standard InChI is InChI=1S/C19H21FN4O2/c20-16-4-2-1-3-14(16)17-15(18(25)21-11-13-5-6-13)12-22-19(23-17)24-7-9-26-10-8-24/h1-4,12-13H,5-11H2,(H,21,25). The van der Waals surface area contributed by atoms with E-state index >= 15 is 0 Å². The number of halogens is 1. The zero-order chi connectivity index (χ0) is 17.9. The van der Waals surface area contributed by atoms with E-state index in [1.165, 1.54) is 12.3 Å². The summed E-state index contributed by atoms with van der Waals surface area (Å²) in [6, 6.07) is 6.37. The molecule has 2 aliphatic rings. The maximum absolute atomic E-state index is 14.4. The summed E-state index contributed by atoms with van der Waals surface area (Å²) in [5, 5.41) is 2.91. The van der Waals surface area contributed by atoms with Crippen LogP contribution < -0.4 is 10.2 Å². The van der Waals surface area contributed by atoms with Crippen LogP contribution >= 0.6 is 0 Å². The number of carbonyl (C=O) groups is 1. The zero-order valence-electron chi connectivity index (χ0n) is 14.4. The molecule has 0 spiro atoms. The van der Waals surface area contributed by atoms with Gasteiger partial charge in [-0.05, 0) is 30.9 Å². The summed E-state index contributed by atoms with van der Waals surface area (Å²) < 4.78 is 19.7. The van der Waals surface area contributed by atoms with E-state index in [9.17, 15) is 9.18 Å². The second-order valence-electron chi connectivity index (χ2n) is 6.66. The number of amides is 1. The molecule has 2 heterocycles. The lowest BCUT2D eigenvalue weighted by atomic mass is 10.1. The van der Waals surface area contributed by atoms with Crippen LogP contribution in [-0.4, -0.2) is 48.7 Å². The molecule has 7 heteroatoms. The second kappa shape index (κ2) is 7.37. The summed E-state index contributed by atoms with van der Waals surface area (Å²) in [5.74, 6) is 0.383. The van der Waals surface area contributed by atoms with Gasteiger partial charge in [-0.3, -0.25) is 4.79 Å². The number of ether oxygens (including phenoxy) is 1. The van der Waals surface area contributed by atoms with Crippen molar-refractivity contribution in [2.45, 2.75) is 12.8 Å². The normalized spacial score (nSPS) is 17.2. The number of hydrogen-bond acceptors (Lipinski definition) is 5. The minimum absolute atomic E-state index is 0.260. The molecule has 6 nitrogen and oxygen atoms in total. The molecular formula is C19H21FN4O2. The van der Waals surface area contributed by atoms with Gasteiger partial charge in [0.2, 0.25) is 5.95 Å². The highest BCUT2D eigenvalue weighted by atomic mass is 19.1. The van der Waals surface area contributed by atoms with E-state index in [4.69, 9.17) is 4.74 Å². The van der Waals surface area contributed by atoms with Gasteiger partial charge in [0.15, 0.2) is 0 Å². The lowest BCUT2D eigenvalue weighted by molar-refractivity contribution is 0.0951. The fourth-order valence-electron chi connectivity index (χ4n) is 2.97. The van der Waals surface area contributed by atoms with E-state index in [-0.39, 0.29) is 5.91 Å². The van der Waals surface area contributed by atoms with Crippen LogP contribution in [0.15, 0.2) is 30.5 Å². The average Bonchev–Trinajstić information content (AvgIpc) is 3.51. The molecule has 1 aliphatic heterocycles. The Labute approximate surface area is 151 Å². The molecule has 1 aliphatic carbocycles. The van der Waals surface area contributed by atoms with Gasteiger partial charge in [0.25, 0.3) is 5.91 Å². The number of aromatic nitrogens is 2. The Morgan fingerprint density at radius 3 is 2.77 bits per heavy atom. The molecule has 4 rings (SSSR count). The van der Waals surface area contributed by atoms with E-state index in [2.05, 4.69) is 15.3 Å². The largest absolute Gasteiger partial charge is 0.378 e. The van der Waals surface area contributed by atoms with E-state index in [1.807, 2.05) is 4.90 Å². The molecule has 0 radical (unpaired) electrons. The van der Waals surface area contributed by atoms with Crippen molar-refractivity contribution in [3.8, 4) is 11.3 Å². The highest BCUT2D eigenvalue weighted by molar-refractivity contribution is 5.99. The Kier molecular flexibility index (Phi) is 4.79. The van der Waals surface area contributed by atoms with Crippen LogP contribution in [0.2, 0.25) is 0 Å². The Hall–Kier alpha value is -2.54. The molecule has 26 heavy (non-hydrogen) atoms. The summed E-state index contributed by atoms with van der Waals surface area (Å²) in [6.45, 7) is 3.18. The van der Waals surface area contributed by atoms with Gasteiger partial charge in [-0.25, -0.2) is 14.4 Å². The van der Waals surface area contributed by atoms with Crippen molar-refractivity contribution in [1.82, 2.24) is 15.3 Å². The van der Waals surface area contributed by atoms with Crippen molar-refractivity contribution in [2.24, 2.45) is 5.92 Å². The molecule has 1 N–H and O–H groups in total. The third kappa shape index (κ3) is 3.67. The van der Waals surface area contributed by atoms with Crippen molar-refractivity contribution in [3.05, 3.63) is 41.8 Å². The van der Waals surface area contributed by atoms with E-state index < -0.39 is 5.82 Å². The molecule has 1 aromatic heterocycles. The van der Waals surface area contributed by atoms with Crippen LogP contribution in [0.4, 0.5) is 10.3 Å². The zero-order valence-corrected chi connectivity index (χ0v) is 14.4. The predicted molar refractivity (Wildman–Crippen MR) is 95.5 cm³/mol. The lowest BCUT2D eigenvalue weighted by Crippen LogP contribution is -2.37. The van der Waals surface area contributed by atoms with Gasteiger partial charge >= 0.3 is 0 Å². The van der Waals surface area contributed by atoms with Gasteiger partial charge in [0.1, 0.15) is 5.82 Å². The topological polar surface area (TPSA) is 67.4 Å². The Morgan fingerprint density at radius 1 is 1.27 bits per heavy atom. The number of carbonyl (C=O) groups excluding carboxylic acids is 1. The van der Waals surface area contributed by atoms with Crippen LogP contribution in [0.1, 0.15) is 23.2 Å². The Morgan fingerprint density at radius 2 is 2.04 bits per heavy atom. The summed E-state index contributed by atoms with van der Waals surface area (Å²) in [4.78, 5) is 23.5. The first-order valence-electron chi connectivity index (χ1n) is 8.95. The molecule has 1 saturated carbocycles. The fraction of sp³-hybridized carbons (Fsp3) is 0.421. The van der Waals surface area contributed by atoms with Crippen molar-refractivity contribution >= 4 is 11.9 Å². The van der Waals surface area contributed by atoms with Gasteiger partial charge < -0.3 is 15.0 Å². The van der Waals surface area contributed by atoms with Gasteiger partial charge in [0, 0.05) is 31.4 Å². The lowest BCUT2D eigenvalue weighted by Gasteiger charge is -2.27. The summed E-state index contributed by atoms with van der Waals surface area (Å²) in [6.07, 6.45) is 3.79. The molecule has 2 fully saturated rings. The summed E-state index contributed by atoms with van der Waals surface area (Å²) in [5.41, 5.74) is 0.932. The fourth-order valence-corrected chi connectivity index (χ4v) is 2.97. The van der Waals surface area contributed by atoms with Gasteiger partial charge in [-0.1, -0.05) is 12.1 Å². The van der Waals surface area contributed by atoms with Crippen molar-refractivity contribution in [3.63, 3.8) is 0 Å². The van der Waals surface area contributed by atoms with Gasteiger partial charge in [-0.2, -0.15) is 0 Å². The molecule has 1 amide bonds. The Bertz CT molecular complexity index is 804. The van der Waals surface area contributed by atoms with Gasteiger partial charge in [-0.15, -0.1) is 0 Å². The van der Waals surface area contributed by atoms with Crippen molar-refractivity contribution < 1.29 is 13.9 Å². The maximum Gasteiger partial charge on any atom is 0.255 e. The molecule has 2 aromatic rings. The number of nitrogens with zero attached hydrogens (tertiary/aromatic N) is 3. The van der Waals surface area contributed by atoms with Crippen LogP contribution in [0.5, 0.6) is 0 Å². The number of anilines is 1. The molecule has 136 valence electrons. The molecule has 0 unspecified atom stereocenters. The average molecular weight is 356 g/mol. The molecule has 0 atom stereocenters. The van der Waals surface area contributed by atoms with Crippen LogP contribution in [-0.2, 0) is 4.74 Å². The first-order chi connectivity index (χ1) is 12.7. The van der Waals surface area contributed by atoms with Crippen LogP contribution in [0, 0.1) is 11.7 Å². The molecule has 0 bridgehead atoms. The number of hydrogen-bond donors (Lipinski definition) is 1. The predicted octanol–water partition coefficient (Wildman–Crippen LogP) is 2.26. The van der Waals surface area contributed by atoms with Gasteiger partial charge in [0.05, 0.1) is 24.5 Å². The number of morpholine rings is 1. The first-order valence-corrected chi connectivity index (χ1v) is 8.95. The third-order valence-corrected chi connectivity index (χ3v) is 4.69. The number of nitrogens with one attached hydrogen (secondary N) is 1. The molecule has 1 saturated heterocycles. The van der Waals surface area contributed by atoms with Crippen molar-refractivity contribution in [2.75, 3.05) is 37.7 Å². The summed E-state index contributed by atoms with van der Waals surface area (Å²) in [7, 11) is 0.